The maximum absolute atomic E-state index is 12.6. The molecule has 18 heavy (non-hydrogen) atoms. The number of sulfone groups is 1. The van der Waals surface area contributed by atoms with Crippen molar-refractivity contribution in [2.45, 2.75) is 44.8 Å². The number of hydrogen-bond acceptors (Lipinski definition) is 3. The van der Waals surface area contributed by atoms with Crippen LogP contribution in [0.15, 0.2) is 0 Å². The Labute approximate surface area is 106 Å². The maximum atomic E-state index is 12.6. The van der Waals surface area contributed by atoms with E-state index in [4.69, 9.17) is 0 Å². The van der Waals surface area contributed by atoms with Gasteiger partial charge in [-0.2, -0.15) is 13.2 Å². The second kappa shape index (κ2) is 6.23. The van der Waals surface area contributed by atoms with Gasteiger partial charge in [0.05, 0.1) is 11.7 Å². The van der Waals surface area contributed by atoms with Gasteiger partial charge in [0.2, 0.25) is 0 Å². The fraction of sp³-hybridized carbons (Fsp3) is 1.00. The van der Waals surface area contributed by atoms with Crippen LogP contribution in [0.1, 0.15) is 32.6 Å². The Morgan fingerprint density at radius 3 is 2.50 bits per heavy atom. The molecule has 108 valence electrons. The van der Waals surface area contributed by atoms with Gasteiger partial charge in [0, 0.05) is 18.3 Å². The van der Waals surface area contributed by atoms with Gasteiger partial charge in [-0.3, -0.25) is 0 Å². The van der Waals surface area contributed by atoms with Crippen molar-refractivity contribution in [3.8, 4) is 0 Å². The van der Waals surface area contributed by atoms with E-state index >= 15 is 0 Å². The lowest BCUT2D eigenvalue weighted by atomic mass is 9.85. The molecule has 0 aromatic heterocycles. The van der Waals surface area contributed by atoms with Crippen LogP contribution < -0.4 is 5.32 Å². The first-order valence-electron chi connectivity index (χ1n) is 6.25. The van der Waals surface area contributed by atoms with Crippen molar-refractivity contribution in [1.82, 2.24) is 5.32 Å². The molecule has 0 aliphatic heterocycles. The summed E-state index contributed by atoms with van der Waals surface area (Å²) >= 11 is 0. The number of nitrogens with one attached hydrogen (secondary N) is 1. The zero-order valence-electron chi connectivity index (χ0n) is 10.5. The van der Waals surface area contributed by atoms with Crippen molar-refractivity contribution >= 4 is 9.84 Å². The Morgan fingerprint density at radius 1 is 1.28 bits per heavy atom. The van der Waals surface area contributed by atoms with Gasteiger partial charge in [0.25, 0.3) is 0 Å². The summed E-state index contributed by atoms with van der Waals surface area (Å²) in [4.78, 5) is 0. The van der Waals surface area contributed by atoms with Crippen molar-refractivity contribution in [2.24, 2.45) is 5.92 Å². The molecule has 1 aliphatic rings. The molecule has 0 aromatic carbocycles. The lowest BCUT2D eigenvalue weighted by Gasteiger charge is -2.31. The number of halogens is 3. The molecule has 0 amide bonds. The van der Waals surface area contributed by atoms with E-state index in [-0.39, 0.29) is 36.9 Å². The molecule has 0 saturated heterocycles. The highest BCUT2D eigenvalue weighted by molar-refractivity contribution is 7.91. The molecule has 1 N–H and O–H groups in total. The summed E-state index contributed by atoms with van der Waals surface area (Å²) in [5.41, 5.74) is 0. The molecule has 2 unspecified atom stereocenters. The second-order valence-electron chi connectivity index (χ2n) is 4.79. The SMILES string of the molecule is CCS(=O)(=O)CCNC1CCCC(C(F)(F)F)C1. The normalized spacial score (nSPS) is 26.2. The molecule has 3 nitrogen and oxygen atoms in total. The Hall–Kier alpha value is -0.300. The first-order chi connectivity index (χ1) is 8.24. The first kappa shape index (κ1) is 15.8. The highest BCUT2D eigenvalue weighted by Gasteiger charge is 2.41. The molecule has 1 saturated carbocycles. The molecule has 7 heteroatoms. The molecular weight excluding hydrogens is 267 g/mol. The number of hydrogen-bond donors (Lipinski definition) is 1. The van der Waals surface area contributed by atoms with Gasteiger partial charge in [-0.1, -0.05) is 13.3 Å². The summed E-state index contributed by atoms with van der Waals surface area (Å²) in [5, 5.41) is 2.93. The van der Waals surface area contributed by atoms with Crippen LogP contribution in [0.3, 0.4) is 0 Å². The third-order valence-corrected chi connectivity index (χ3v) is 5.13. The minimum absolute atomic E-state index is 0.00329. The van der Waals surface area contributed by atoms with E-state index in [1.54, 1.807) is 6.92 Å². The van der Waals surface area contributed by atoms with E-state index < -0.39 is 21.9 Å². The molecule has 1 fully saturated rings. The van der Waals surface area contributed by atoms with Crippen LogP contribution in [0.5, 0.6) is 0 Å². The van der Waals surface area contributed by atoms with Crippen LogP contribution in [-0.2, 0) is 9.84 Å². The Kier molecular flexibility index (Phi) is 5.46. The lowest BCUT2D eigenvalue weighted by Crippen LogP contribution is -2.40. The van der Waals surface area contributed by atoms with E-state index in [1.165, 1.54) is 0 Å². The lowest BCUT2D eigenvalue weighted by molar-refractivity contribution is -0.183. The number of rotatable bonds is 5. The molecule has 0 bridgehead atoms. The predicted molar refractivity (Wildman–Crippen MR) is 64.1 cm³/mol. The minimum atomic E-state index is -4.13. The molecule has 0 heterocycles. The van der Waals surface area contributed by atoms with Gasteiger partial charge in [-0.25, -0.2) is 8.42 Å². The van der Waals surface area contributed by atoms with Gasteiger partial charge >= 0.3 is 6.18 Å². The van der Waals surface area contributed by atoms with Crippen LogP contribution in [0.4, 0.5) is 13.2 Å². The van der Waals surface area contributed by atoms with Crippen LogP contribution in [-0.4, -0.2) is 38.7 Å². The molecular formula is C11H20F3NO2S. The topological polar surface area (TPSA) is 46.2 Å². The second-order valence-corrected chi connectivity index (χ2v) is 7.27. The fourth-order valence-electron chi connectivity index (χ4n) is 2.24. The summed E-state index contributed by atoms with van der Waals surface area (Å²) in [7, 11) is -3.05. The highest BCUT2D eigenvalue weighted by Crippen LogP contribution is 2.37. The zero-order chi connectivity index (χ0) is 13.8. The van der Waals surface area contributed by atoms with Gasteiger partial charge in [0.15, 0.2) is 9.84 Å². The van der Waals surface area contributed by atoms with Gasteiger partial charge < -0.3 is 5.32 Å². The van der Waals surface area contributed by atoms with Crippen LogP contribution in [0.2, 0.25) is 0 Å². The van der Waals surface area contributed by atoms with Crippen molar-refractivity contribution in [2.75, 3.05) is 18.1 Å². The summed E-state index contributed by atoms with van der Waals surface area (Å²) in [6, 6.07) is -0.211. The van der Waals surface area contributed by atoms with Crippen molar-refractivity contribution in [1.29, 1.82) is 0 Å². The average molecular weight is 287 g/mol. The molecule has 2 atom stereocenters. The third-order valence-electron chi connectivity index (χ3n) is 3.42. The summed E-state index contributed by atoms with van der Waals surface area (Å²) in [6.45, 7) is 1.81. The smallest absolute Gasteiger partial charge is 0.313 e. The van der Waals surface area contributed by atoms with Crippen LogP contribution >= 0.6 is 0 Å². The predicted octanol–water partition coefficient (Wildman–Crippen LogP) is 2.13. The third kappa shape index (κ3) is 5.14. The fourth-order valence-corrected chi connectivity index (χ4v) is 2.95. The molecule has 0 aromatic rings. The average Bonchev–Trinajstić information content (AvgIpc) is 2.28. The van der Waals surface area contributed by atoms with Crippen LogP contribution in [0.25, 0.3) is 0 Å². The highest BCUT2D eigenvalue weighted by atomic mass is 32.2. The summed E-state index contributed by atoms with van der Waals surface area (Å²) in [6.07, 6.45) is -2.64. The van der Waals surface area contributed by atoms with Gasteiger partial charge in [0.1, 0.15) is 0 Å². The molecule has 1 rings (SSSR count). The summed E-state index contributed by atoms with van der Waals surface area (Å²) in [5.74, 6) is -1.17. The largest absolute Gasteiger partial charge is 0.391 e. The van der Waals surface area contributed by atoms with Gasteiger partial charge in [-0.15, -0.1) is 0 Å². The first-order valence-corrected chi connectivity index (χ1v) is 8.07. The standard InChI is InChI=1S/C11H20F3NO2S/c1-2-18(16,17)7-6-15-10-5-3-4-9(8-10)11(12,13)14/h9-10,15H,2-8H2,1H3. The van der Waals surface area contributed by atoms with E-state index in [1.807, 2.05) is 0 Å². The maximum Gasteiger partial charge on any atom is 0.391 e. The van der Waals surface area contributed by atoms with E-state index in [2.05, 4.69) is 5.32 Å². The molecule has 1 aliphatic carbocycles. The Balaban J connectivity index is 2.35. The van der Waals surface area contributed by atoms with E-state index in [0.717, 1.165) is 0 Å². The van der Waals surface area contributed by atoms with E-state index in [9.17, 15) is 21.6 Å². The summed E-state index contributed by atoms with van der Waals surface area (Å²) < 4.78 is 60.2. The molecule has 0 radical (unpaired) electrons. The Morgan fingerprint density at radius 2 is 1.94 bits per heavy atom. The Bertz CT molecular complexity index is 354. The van der Waals surface area contributed by atoms with Crippen LogP contribution in [0, 0.1) is 5.92 Å². The van der Waals surface area contributed by atoms with Gasteiger partial charge in [-0.05, 0) is 19.3 Å². The van der Waals surface area contributed by atoms with Crippen molar-refractivity contribution < 1.29 is 21.6 Å². The quantitative estimate of drug-likeness (QED) is 0.842. The van der Waals surface area contributed by atoms with Crippen molar-refractivity contribution in [3.63, 3.8) is 0 Å². The zero-order valence-corrected chi connectivity index (χ0v) is 11.3. The monoisotopic (exact) mass is 287 g/mol. The van der Waals surface area contributed by atoms with Crippen molar-refractivity contribution in [3.05, 3.63) is 0 Å². The molecule has 0 spiro atoms. The number of alkyl halides is 3. The minimum Gasteiger partial charge on any atom is -0.313 e. The van der Waals surface area contributed by atoms with E-state index in [0.29, 0.717) is 12.8 Å².